The predicted octanol–water partition coefficient (Wildman–Crippen LogP) is 3.93. The van der Waals surface area contributed by atoms with E-state index >= 15 is 0 Å². The Morgan fingerprint density at radius 1 is 1.09 bits per heavy atom. The molecule has 3 nitrogen and oxygen atoms in total. The van der Waals surface area contributed by atoms with Gasteiger partial charge in [-0.05, 0) is 18.2 Å². The molecule has 2 aromatic carbocycles. The molecule has 3 rings (SSSR count). The minimum atomic E-state index is 0.419. The number of thiocarbonyl (C=S) groups is 1. The zero-order chi connectivity index (χ0) is 16.1. The van der Waals surface area contributed by atoms with Crippen LogP contribution < -0.4 is 4.74 Å². The van der Waals surface area contributed by atoms with E-state index in [2.05, 4.69) is 4.90 Å². The molecule has 5 heteroatoms. The SMILES string of the molecule is S=C(c1ccccc1OCc1ccccc1Cl)N1CCOCC1. The molecule has 0 aromatic heterocycles. The van der Waals surface area contributed by atoms with Crippen LogP contribution in [0.4, 0.5) is 0 Å². The first-order valence-electron chi connectivity index (χ1n) is 7.58. The van der Waals surface area contributed by atoms with Gasteiger partial charge in [0.1, 0.15) is 17.3 Å². The lowest BCUT2D eigenvalue weighted by molar-refractivity contribution is 0.0692. The van der Waals surface area contributed by atoms with Crippen molar-refractivity contribution in [3.05, 3.63) is 64.7 Å². The summed E-state index contributed by atoms with van der Waals surface area (Å²) in [6.45, 7) is 3.48. The van der Waals surface area contributed by atoms with E-state index in [4.69, 9.17) is 33.3 Å². The fourth-order valence-corrected chi connectivity index (χ4v) is 3.02. The molecule has 23 heavy (non-hydrogen) atoms. The summed E-state index contributed by atoms with van der Waals surface area (Å²) in [7, 11) is 0. The first-order chi connectivity index (χ1) is 11.3. The Balaban J connectivity index is 1.75. The van der Waals surface area contributed by atoms with Gasteiger partial charge in [0.25, 0.3) is 0 Å². The van der Waals surface area contributed by atoms with E-state index in [1.54, 1.807) is 0 Å². The fourth-order valence-electron chi connectivity index (χ4n) is 2.48. The van der Waals surface area contributed by atoms with Gasteiger partial charge in [-0.3, -0.25) is 0 Å². The highest BCUT2D eigenvalue weighted by atomic mass is 35.5. The molecular weight excluding hydrogens is 330 g/mol. The van der Waals surface area contributed by atoms with E-state index in [1.165, 1.54) is 0 Å². The van der Waals surface area contributed by atoms with Crippen LogP contribution in [-0.4, -0.2) is 36.2 Å². The zero-order valence-electron chi connectivity index (χ0n) is 12.7. The van der Waals surface area contributed by atoms with Crippen molar-refractivity contribution >= 4 is 28.8 Å². The highest BCUT2D eigenvalue weighted by molar-refractivity contribution is 7.80. The smallest absolute Gasteiger partial charge is 0.130 e. The second kappa shape index (κ2) is 7.77. The molecule has 0 N–H and O–H groups in total. The summed E-state index contributed by atoms with van der Waals surface area (Å²) in [6, 6.07) is 15.6. The van der Waals surface area contributed by atoms with Gasteiger partial charge in [-0.2, -0.15) is 0 Å². The molecule has 1 fully saturated rings. The maximum atomic E-state index is 6.19. The molecule has 0 bridgehead atoms. The van der Waals surface area contributed by atoms with Crippen LogP contribution in [0, 0.1) is 0 Å². The predicted molar refractivity (Wildman–Crippen MR) is 96.3 cm³/mol. The van der Waals surface area contributed by atoms with Crippen LogP contribution >= 0.6 is 23.8 Å². The van der Waals surface area contributed by atoms with E-state index in [9.17, 15) is 0 Å². The second-order valence-corrected chi connectivity index (χ2v) is 6.07. The van der Waals surface area contributed by atoms with E-state index in [0.29, 0.717) is 24.8 Å². The largest absolute Gasteiger partial charge is 0.488 e. The summed E-state index contributed by atoms with van der Waals surface area (Å²) in [5.74, 6) is 0.781. The average Bonchev–Trinajstić information content (AvgIpc) is 2.61. The number of hydrogen-bond acceptors (Lipinski definition) is 3. The molecule has 0 amide bonds. The van der Waals surface area contributed by atoms with Crippen LogP contribution in [-0.2, 0) is 11.3 Å². The quantitative estimate of drug-likeness (QED) is 0.781. The number of nitrogens with zero attached hydrogens (tertiary/aromatic N) is 1. The summed E-state index contributed by atoms with van der Waals surface area (Å²) >= 11 is 11.8. The van der Waals surface area contributed by atoms with Crippen LogP contribution in [0.2, 0.25) is 5.02 Å². The lowest BCUT2D eigenvalue weighted by Gasteiger charge is -2.29. The number of rotatable bonds is 4. The highest BCUT2D eigenvalue weighted by Crippen LogP contribution is 2.24. The van der Waals surface area contributed by atoms with Crippen molar-refractivity contribution in [3.8, 4) is 5.75 Å². The molecule has 120 valence electrons. The first-order valence-corrected chi connectivity index (χ1v) is 8.36. The third-order valence-corrected chi connectivity index (χ3v) is 4.60. The molecule has 0 unspecified atom stereocenters. The van der Waals surface area contributed by atoms with Gasteiger partial charge in [-0.1, -0.05) is 54.2 Å². The van der Waals surface area contributed by atoms with Crippen LogP contribution in [0.1, 0.15) is 11.1 Å². The second-order valence-electron chi connectivity index (χ2n) is 5.28. The molecule has 1 heterocycles. The third-order valence-electron chi connectivity index (χ3n) is 3.76. The molecule has 1 saturated heterocycles. The van der Waals surface area contributed by atoms with Crippen molar-refractivity contribution in [1.29, 1.82) is 0 Å². The maximum Gasteiger partial charge on any atom is 0.130 e. The third kappa shape index (κ3) is 4.02. The fraction of sp³-hybridized carbons (Fsp3) is 0.278. The molecule has 0 atom stereocenters. The van der Waals surface area contributed by atoms with E-state index in [1.807, 2.05) is 48.5 Å². The van der Waals surface area contributed by atoms with Crippen molar-refractivity contribution in [2.75, 3.05) is 26.3 Å². The van der Waals surface area contributed by atoms with Gasteiger partial charge < -0.3 is 14.4 Å². The Bertz CT molecular complexity index is 686. The Morgan fingerprint density at radius 3 is 2.57 bits per heavy atom. The van der Waals surface area contributed by atoms with Gasteiger partial charge in [0.15, 0.2) is 0 Å². The lowest BCUT2D eigenvalue weighted by atomic mass is 10.1. The maximum absolute atomic E-state index is 6.19. The minimum absolute atomic E-state index is 0.419. The Kier molecular flexibility index (Phi) is 5.49. The van der Waals surface area contributed by atoms with Gasteiger partial charge in [0, 0.05) is 23.7 Å². The molecule has 1 aliphatic rings. The highest BCUT2D eigenvalue weighted by Gasteiger charge is 2.18. The molecule has 0 radical (unpaired) electrons. The van der Waals surface area contributed by atoms with E-state index in [-0.39, 0.29) is 0 Å². The van der Waals surface area contributed by atoms with Gasteiger partial charge in [-0.15, -0.1) is 0 Å². The Morgan fingerprint density at radius 2 is 1.78 bits per heavy atom. The molecule has 2 aromatic rings. The van der Waals surface area contributed by atoms with Crippen molar-refractivity contribution in [3.63, 3.8) is 0 Å². The van der Waals surface area contributed by atoms with Crippen LogP contribution in [0.3, 0.4) is 0 Å². The number of morpholine rings is 1. The lowest BCUT2D eigenvalue weighted by Crippen LogP contribution is -2.40. The summed E-state index contributed by atoms with van der Waals surface area (Å²) in [6.07, 6.45) is 0. The average molecular weight is 348 g/mol. The van der Waals surface area contributed by atoms with Crippen LogP contribution in [0.5, 0.6) is 5.75 Å². The van der Waals surface area contributed by atoms with E-state index in [0.717, 1.165) is 35.0 Å². The van der Waals surface area contributed by atoms with Crippen molar-refractivity contribution in [1.82, 2.24) is 4.90 Å². The van der Waals surface area contributed by atoms with Gasteiger partial charge in [0.2, 0.25) is 0 Å². The van der Waals surface area contributed by atoms with Crippen molar-refractivity contribution < 1.29 is 9.47 Å². The molecule has 1 aliphatic heterocycles. The summed E-state index contributed by atoms with van der Waals surface area (Å²) in [5.41, 5.74) is 1.90. The van der Waals surface area contributed by atoms with Crippen LogP contribution in [0.25, 0.3) is 0 Å². The minimum Gasteiger partial charge on any atom is -0.488 e. The Labute approximate surface area is 146 Å². The summed E-state index contributed by atoms with van der Waals surface area (Å²) in [4.78, 5) is 2.97. The monoisotopic (exact) mass is 347 g/mol. The van der Waals surface area contributed by atoms with Crippen LogP contribution in [0.15, 0.2) is 48.5 Å². The zero-order valence-corrected chi connectivity index (χ0v) is 14.3. The number of hydrogen-bond donors (Lipinski definition) is 0. The van der Waals surface area contributed by atoms with Gasteiger partial charge in [-0.25, -0.2) is 0 Å². The van der Waals surface area contributed by atoms with E-state index < -0.39 is 0 Å². The molecule has 0 aliphatic carbocycles. The number of para-hydroxylation sites is 1. The first kappa shape index (κ1) is 16.2. The topological polar surface area (TPSA) is 21.7 Å². The van der Waals surface area contributed by atoms with Crippen molar-refractivity contribution in [2.24, 2.45) is 0 Å². The molecule has 0 saturated carbocycles. The molecular formula is C18H18ClNO2S. The Hall–Kier alpha value is -1.62. The summed E-state index contributed by atoms with van der Waals surface area (Å²) < 4.78 is 11.4. The van der Waals surface area contributed by atoms with Gasteiger partial charge in [0.05, 0.1) is 18.8 Å². The number of halogens is 1. The number of benzene rings is 2. The molecule has 0 spiro atoms. The number of ether oxygens (including phenoxy) is 2. The van der Waals surface area contributed by atoms with Gasteiger partial charge >= 0.3 is 0 Å². The summed E-state index contributed by atoms with van der Waals surface area (Å²) in [5, 5.41) is 0.709. The normalized spacial score (nSPS) is 14.6. The van der Waals surface area contributed by atoms with Crippen molar-refractivity contribution in [2.45, 2.75) is 6.61 Å². The standard InChI is InChI=1S/C18H18ClNO2S/c19-16-7-3-1-5-14(16)13-22-17-8-4-2-6-15(17)18(23)20-9-11-21-12-10-20/h1-8H,9-13H2.